The average Bonchev–Trinajstić information content (AvgIpc) is 3.52. The smallest absolute Gasteiger partial charge is 0.303 e. The third-order valence-electron chi connectivity index (χ3n) is 6.69. The highest BCUT2D eigenvalue weighted by Crippen LogP contribution is 2.37. The lowest BCUT2D eigenvalue weighted by molar-refractivity contribution is -0.266. The van der Waals surface area contributed by atoms with E-state index in [-0.39, 0.29) is 0 Å². The topological polar surface area (TPSA) is 244 Å². The third kappa shape index (κ3) is 10.0. The van der Waals surface area contributed by atoms with Gasteiger partial charge in [0.15, 0.2) is 43.3 Å². The molecule has 0 aromatic rings. The van der Waals surface area contributed by atoms with E-state index in [2.05, 4.69) is 0 Å². The number of rotatable bonds is 13. The van der Waals surface area contributed by atoms with E-state index in [0.717, 1.165) is 41.5 Å². The predicted octanol–water partition coefficient (Wildman–Crippen LogP) is -2.23. The first kappa shape index (κ1) is 37.0. The lowest BCUT2D eigenvalue weighted by Gasteiger charge is -2.31. The molecule has 3 saturated heterocycles. The molecule has 12 atom stereocenters. The number of hydrogen-bond donors (Lipinski definition) is 2. The van der Waals surface area contributed by atoms with Gasteiger partial charge in [-0.3, -0.25) is 28.8 Å². The standard InChI is InChI=1S/C27H38O19/c1-10(28)36-7-16-20(19(34)25(35)42-16)45-27-24(22(40-14(5)32)18(44-27)9-38-12(3)30)46-26-23(41-15(6)33)21(39-13(4)31)17(43-26)8-37-11(2)29/h16-27,34-35H,7-9H2,1-6H3/t16-,17-,18-,19-,20-,21-,22-,23-,24-,25-,26-,27-/m1/s1. The minimum absolute atomic E-state index is 0.446. The van der Waals surface area contributed by atoms with E-state index in [1.165, 1.54) is 0 Å². The van der Waals surface area contributed by atoms with Gasteiger partial charge in [0.05, 0.1) is 0 Å². The van der Waals surface area contributed by atoms with Gasteiger partial charge in [0.1, 0.15) is 50.3 Å². The van der Waals surface area contributed by atoms with Crippen LogP contribution in [-0.4, -0.2) is 140 Å². The van der Waals surface area contributed by atoms with E-state index in [9.17, 15) is 39.0 Å². The molecule has 260 valence electrons. The predicted molar refractivity (Wildman–Crippen MR) is 141 cm³/mol. The molecule has 2 N–H and O–H groups in total. The molecule has 46 heavy (non-hydrogen) atoms. The number of ether oxygens (including phenoxy) is 11. The van der Waals surface area contributed by atoms with Crippen molar-refractivity contribution in [2.45, 2.75) is 115 Å². The molecule has 0 radical (unpaired) electrons. The Morgan fingerprint density at radius 1 is 0.478 bits per heavy atom. The average molecular weight is 667 g/mol. The zero-order chi connectivity index (χ0) is 34.3. The highest BCUT2D eigenvalue weighted by molar-refractivity contribution is 5.68. The molecule has 3 heterocycles. The fourth-order valence-corrected chi connectivity index (χ4v) is 4.93. The van der Waals surface area contributed by atoms with Crippen molar-refractivity contribution in [3.05, 3.63) is 0 Å². The maximum Gasteiger partial charge on any atom is 0.303 e. The van der Waals surface area contributed by atoms with Crippen LogP contribution in [0.4, 0.5) is 0 Å². The molecule has 0 spiro atoms. The lowest BCUT2D eigenvalue weighted by atomic mass is 10.1. The number of esters is 6. The quantitative estimate of drug-likeness (QED) is 0.156. The van der Waals surface area contributed by atoms with Gasteiger partial charge in [-0.2, -0.15) is 0 Å². The van der Waals surface area contributed by atoms with E-state index >= 15 is 0 Å². The summed E-state index contributed by atoms with van der Waals surface area (Å²) in [6.07, 6.45) is -17.5. The SMILES string of the molecule is CC(=O)OC[C@H]1O[C@@H](O)[C@H](O)[C@@H]1O[C@H]1O[C@H](COC(C)=O)[C@@H](OC(C)=O)[C@H]1O[C@H]1O[C@H](COC(C)=O)[C@@H](OC(C)=O)[C@H]1OC(C)=O. The van der Waals surface area contributed by atoms with Crippen LogP contribution < -0.4 is 0 Å². The Morgan fingerprint density at radius 2 is 0.826 bits per heavy atom. The molecule has 0 aliphatic carbocycles. The zero-order valence-electron chi connectivity index (χ0n) is 25.9. The summed E-state index contributed by atoms with van der Waals surface area (Å²) in [6.45, 7) is 5.25. The summed E-state index contributed by atoms with van der Waals surface area (Å²) in [5.74, 6) is -4.53. The molecule has 0 amide bonds. The van der Waals surface area contributed by atoms with Gasteiger partial charge in [0.2, 0.25) is 0 Å². The molecule has 3 aliphatic rings. The Kier molecular flexibility index (Phi) is 13.2. The van der Waals surface area contributed by atoms with Crippen molar-refractivity contribution in [2.75, 3.05) is 19.8 Å². The summed E-state index contributed by atoms with van der Waals surface area (Å²) in [5, 5.41) is 20.8. The minimum Gasteiger partial charge on any atom is -0.463 e. The summed E-state index contributed by atoms with van der Waals surface area (Å²) in [5.41, 5.74) is 0. The summed E-state index contributed by atoms with van der Waals surface area (Å²) in [6, 6.07) is 0. The lowest BCUT2D eigenvalue weighted by Crippen LogP contribution is -2.49. The highest BCUT2D eigenvalue weighted by atomic mass is 16.8. The van der Waals surface area contributed by atoms with E-state index in [0.29, 0.717) is 0 Å². The Bertz CT molecular complexity index is 1130. The van der Waals surface area contributed by atoms with Crippen molar-refractivity contribution in [2.24, 2.45) is 0 Å². The number of hydrogen-bond acceptors (Lipinski definition) is 19. The second-order valence-electron chi connectivity index (χ2n) is 10.5. The summed E-state index contributed by atoms with van der Waals surface area (Å²) in [4.78, 5) is 70.7. The van der Waals surface area contributed by atoms with Crippen LogP contribution in [0.25, 0.3) is 0 Å². The second kappa shape index (κ2) is 16.4. The van der Waals surface area contributed by atoms with Crippen LogP contribution in [0.2, 0.25) is 0 Å². The Morgan fingerprint density at radius 3 is 1.24 bits per heavy atom. The summed E-state index contributed by atoms with van der Waals surface area (Å²) in [7, 11) is 0. The molecule has 0 saturated carbocycles. The normalized spacial score (nSPS) is 35.2. The molecular weight excluding hydrogens is 628 g/mol. The van der Waals surface area contributed by atoms with Gasteiger partial charge in [-0.1, -0.05) is 0 Å². The van der Waals surface area contributed by atoms with Gasteiger partial charge in [-0.15, -0.1) is 0 Å². The fourth-order valence-electron chi connectivity index (χ4n) is 4.93. The van der Waals surface area contributed by atoms with Gasteiger partial charge in [-0.05, 0) is 0 Å². The van der Waals surface area contributed by atoms with Crippen LogP contribution in [0.5, 0.6) is 0 Å². The summed E-state index contributed by atoms with van der Waals surface area (Å²) >= 11 is 0. The number of aliphatic hydroxyl groups is 2. The molecule has 3 rings (SSSR count). The van der Waals surface area contributed by atoms with Crippen LogP contribution >= 0.6 is 0 Å². The Labute approximate surface area is 262 Å². The maximum absolute atomic E-state index is 12.2. The second-order valence-corrected chi connectivity index (χ2v) is 10.5. The maximum atomic E-state index is 12.2. The number of aliphatic hydroxyl groups excluding tert-OH is 2. The van der Waals surface area contributed by atoms with Gasteiger partial charge in [-0.25, -0.2) is 0 Å². The molecular formula is C27H38O19. The van der Waals surface area contributed by atoms with E-state index in [1.807, 2.05) is 0 Å². The molecule has 19 nitrogen and oxygen atoms in total. The number of carbonyl (C=O) groups is 6. The van der Waals surface area contributed by atoms with E-state index < -0.39 is 129 Å². The van der Waals surface area contributed by atoms with Crippen molar-refractivity contribution in [1.29, 1.82) is 0 Å². The van der Waals surface area contributed by atoms with Crippen molar-refractivity contribution in [1.82, 2.24) is 0 Å². The van der Waals surface area contributed by atoms with E-state index in [1.54, 1.807) is 0 Å². The molecule has 0 aromatic heterocycles. The van der Waals surface area contributed by atoms with Crippen LogP contribution in [0, 0.1) is 0 Å². The van der Waals surface area contributed by atoms with Gasteiger partial charge < -0.3 is 62.3 Å². The first-order valence-corrected chi connectivity index (χ1v) is 14.1. The fraction of sp³-hybridized carbons (Fsp3) is 0.778. The summed E-state index contributed by atoms with van der Waals surface area (Å²) < 4.78 is 60.3. The molecule has 0 unspecified atom stereocenters. The first-order valence-electron chi connectivity index (χ1n) is 14.1. The highest BCUT2D eigenvalue weighted by Gasteiger charge is 2.57. The third-order valence-corrected chi connectivity index (χ3v) is 6.69. The van der Waals surface area contributed by atoms with Gasteiger partial charge in [0.25, 0.3) is 0 Å². The van der Waals surface area contributed by atoms with E-state index in [4.69, 9.17) is 52.1 Å². The van der Waals surface area contributed by atoms with Gasteiger partial charge >= 0.3 is 35.8 Å². The van der Waals surface area contributed by atoms with Crippen LogP contribution in [0.15, 0.2) is 0 Å². The minimum atomic E-state index is -1.76. The van der Waals surface area contributed by atoms with Crippen molar-refractivity contribution in [3.8, 4) is 0 Å². The van der Waals surface area contributed by atoms with Crippen molar-refractivity contribution in [3.63, 3.8) is 0 Å². The van der Waals surface area contributed by atoms with Crippen molar-refractivity contribution < 1.29 is 91.1 Å². The Hall–Kier alpha value is -3.46. The van der Waals surface area contributed by atoms with Gasteiger partial charge in [0, 0.05) is 41.5 Å². The molecule has 3 aliphatic heterocycles. The van der Waals surface area contributed by atoms with Crippen LogP contribution in [0.3, 0.4) is 0 Å². The molecule has 0 aromatic carbocycles. The Balaban J connectivity index is 1.98. The van der Waals surface area contributed by atoms with Crippen LogP contribution in [-0.2, 0) is 80.9 Å². The molecule has 3 fully saturated rings. The largest absolute Gasteiger partial charge is 0.463 e. The molecule has 0 bridgehead atoms. The molecule has 19 heteroatoms. The first-order chi connectivity index (χ1) is 21.6. The monoisotopic (exact) mass is 666 g/mol. The van der Waals surface area contributed by atoms with Crippen LogP contribution in [0.1, 0.15) is 41.5 Å². The zero-order valence-corrected chi connectivity index (χ0v) is 25.9. The van der Waals surface area contributed by atoms with Crippen molar-refractivity contribution >= 4 is 35.8 Å². The number of carbonyl (C=O) groups excluding carboxylic acids is 6.